The predicted octanol–water partition coefficient (Wildman–Crippen LogP) is 3.09. The normalized spacial score (nSPS) is 14.1. The van der Waals surface area contributed by atoms with Gasteiger partial charge in [0.1, 0.15) is 0 Å². The van der Waals surface area contributed by atoms with Crippen molar-refractivity contribution in [3.05, 3.63) is 65.2 Å². The van der Waals surface area contributed by atoms with Gasteiger partial charge in [-0.25, -0.2) is 0 Å². The van der Waals surface area contributed by atoms with Crippen LogP contribution in [0.3, 0.4) is 0 Å². The van der Waals surface area contributed by atoms with Crippen LogP contribution in [0.15, 0.2) is 48.5 Å². The van der Waals surface area contributed by atoms with E-state index in [4.69, 9.17) is 0 Å². The van der Waals surface area contributed by atoms with Crippen LogP contribution < -0.4 is 16.0 Å². The standard InChI is InChI=1S/C22H25N3O3/c1-14-6-8-16(9-7-14)20(23-15(2)26)13-21(27)24-19-5-3-4-17(12-19)22(28)25-18-10-11-18/h3-9,12,18,20H,10-11,13H2,1-2H3,(H,23,26)(H,24,27)(H,25,28)/t20-/m0/s1. The predicted molar refractivity (Wildman–Crippen MR) is 108 cm³/mol. The summed E-state index contributed by atoms with van der Waals surface area (Å²) in [5.74, 6) is -0.564. The average Bonchev–Trinajstić information content (AvgIpc) is 3.45. The molecule has 0 heterocycles. The molecule has 146 valence electrons. The summed E-state index contributed by atoms with van der Waals surface area (Å²) in [6.07, 6.45) is 2.14. The number of carbonyl (C=O) groups is 3. The van der Waals surface area contributed by atoms with Gasteiger partial charge in [0, 0.05) is 24.2 Å². The Hall–Kier alpha value is -3.15. The van der Waals surface area contributed by atoms with E-state index in [0.717, 1.165) is 24.0 Å². The van der Waals surface area contributed by atoms with Crippen LogP contribution in [-0.4, -0.2) is 23.8 Å². The van der Waals surface area contributed by atoms with Crippen molar-refractivity contribution in [1.29, 1.82) is 0 Å². The Morgan fingerprint density at radius 3 is 2.43 bits per heavy atom. The van der Waals surface area contributed by atoms with Crippen LogP contribution in [0.5, 0.6) is 0 Å². The lowest BCUT2D eigenvalue weighted by atomic mass is 10.0. The van der Waals surface area contributed by atoms with Gasteiger partial charge in [-0.3, -0.25) is 14.4 Å². The fraction of sp³-hybridized carbons (Fsp3) is 0.318. The molecule has 6 heteroatoms. The number of carbonyl (C=O) groups excluding carboxylic acids is 3. The molecule has 0 saturated heterocycles. The van der Waals surface area contributed by atoms with Crippen LogP contribution in [0.2, 0.25) is 0 Å². The molecule has 1 atom stereocenters. The van der Waals surface area contributed by atoms with Gasteiger partial charge in [0.25, 0.3) is 5.91 Å². The molecule has 3 amide bonds. The zero-order chi connectivity index (χ0) is 20.1. The molecule has 0 aliphatic heterocycles. The minimum atomic E-state index is -0.417. The zero-order valence-corrected chi connectivity index (χ0v) is 16.1. The van der Waals surface area contributed by atoms with E-state index in [1.54, 1.807) is 24.3 Å². The highest BCUT2D eigenvalue weighted by Gasteiger charge is 2.24. The molecule has 3 rings (SSSR count). The maximum absolute atomic E-state index is 12.6. The van der Waals surface area contributed by atoms with Crippen LogP contribution in [0.1, 0.15) is 53.7 Å². The van der Waals surface area contributed by atoms with Gasteiger partial charge in [-0.15, -0.1) is 0 Å². The van der Waals surface area contributed by atoms with E-state index in [-0.39, 0.29) is 30.2 Å². The SMILES string of the molecule is CC(=O)N[C@@H](CC(=O)Nc1cccc(C(=O)NC2CC2)c1)c1ccc(C)cc1. The molecular formula is C22H25N3O3. The minimum Gasteiger partial charge on any atom is -0.349 e. The van der Waals surface area contributed by atoms with Crippen molar-refractivity contribution in [1.82, 2.24) is 10.6 Å². The summed E-state index contributed by atoms with van der Waals surface area (Å²) in [6, 6.07) is 14.4. The van der Waals surface area contributed by atoms with Gasteiger partial charge in [-0.2, -0.15) is 0 Å². The van der Waals surface area contributed by atoms with E-state index < -0.39 is 6.04 Å². The van der Waals surface area contributed by atoms with Gasteiger partial charge in [0.2, 0.25) is 11.8 Å². The maximum atomic E-state index is 12.6. The highest BCUT2D eigenvalue weighted by molar-refractivity contribution is 5.97. The van der Waals surface area contributed by atoms with Crippen molar-refractivity contribution in [3.63, 3.8) is 0 Å². The average molecular weight is 379 g/mol. The van der Waals surface area contributed by atoms with Crippen molar-refractivity contribution in [2.24, 2.45) is 0 Å². The zero-order valence-electron chi connectivity index (χ0n) is 16.1. The van der Waals surface area contributed by atoms with Gasteiger partial charge >= 0.3 is 0 Å². The Bertz CT molecular complexity index is 873. The molecule has 2 aromatic rings. The second-order valence-electron chi connectivity index (χ2n) is 7.24. The lowest BCUT2D eigenvalue weighted by molar-refractivity contribution is -0.120. The smallest absolute Gasteiger partial charge is 0.251 e. The summed E-state index contributed by atoms with van der Waals surface area (Å²) in [7, 11) is 0. The first-order valence-corrected chi connectivity index (χ1v) is 9.45. The second kappa shape index (κ2) is 8.69. The Morgan fingerprint density at radius 1 is 1.07 bits per heavy atom. The van der Waals surface area contributed by atoms with E-state index in [1.807, 2.05) is 31.2 Å². The first-order chi connectivity index (χ1) is 13.4. The van der Waals surface area contributed by atoms with Crippen molar-refractivity contribution >= 4 is 23.4 Å². The number of nitrogens with one attached hydrogen (secondary N) is 3. The number of benzene rings is 2. The van der Waals surface area contributed by atoms with Crippen LogP contribution in [0.4, 0.5) is 5.69 Å². The first kappa shape index (κ1) is 19.6. The fourth-order valence-electron chi connectivity index (χ4n) is 2.93. The molecule has 1 aliphatic rings. The van der Waals surface area contributed by atoms with Crippen LogP contribution >= 0.6 is 0 Å². The van der Waals surface area contributed by atoms with Crippen molar-refractivity contribution in [2.45, 2.75) is 45.2 Å². The van der Waals surface area contributed by atoms with Crippen LogP contribution in [0.25, 0.3) is 0 Å². The number of rotatable bonds is 7. The summed E-state index contributed by atoms with van der Waals surface area (Å²) >= 11 is 0. The highest BCUT2D eigenvalue weighted by atomic mass is 16.2. The quantitative estimate of drug-likeness (QED) is 0.691. The maximum Gasteiger partial charge on any atom is 0.251 e. The molecular weight excluding hydrogens is 354 g/mol. The van der Waals surface area contributed by atoms with Gasteiger partial charge in [0.15, 0.2) is 0 Å². The summed E-state index contributed by atoms with van der Waals surface area (Å²) in [6.45, 7) is 3.41. The van der Waals surface area contributed by atoms with Gasteiger partial charge in [-0.1, -0.05) is 35.9 Å². The van der Waals surface area contributed by atoms with E-state index in [9.17, 15) is 14.4 Å². The molecule has 6 nitrogen and oxygen atoms in total. The molecule has 1 saturated carbocycles. The summed E-state index contributed by atoms with van der Waals surface area (Å²) < 4.78 is 0. The Morgan fingerprint density at radius 2 is 1.79 bits per heavy atom. The molecule has 0 bridgehead atoms. The van der Waals surface area contributed by atoms with Gasteiger partial charge in [0.05, 0.1) is 12.5 Å². The highest BCUT2D eigenvalue weighted by Crippen LogP contribution is 2.21. The van der Waals surface area contributed by atoms with Crippen molar-refractivity contribution < 1.29 is 14.4 Å². The molecule has 0 aromatic heterocycles. The monoisotopic (exact) mass is 379 g/mol. The summed E-state index contributed by atoms with van der Waals surface area (Å²) in [4.78, 5) is 36.3. The fourth-order valence-corrected chi connectivity index (χ4v) is 2.93. The Kier molecular flexibility index (Phi) is 6.09. The van der Waals surface area contributed by atoms with Gasteiger partial charge in [-0.05, 0) is 43.5 Å². The largest absolute Gasteiger partial charge is 0.349 e. The molecule has 0 unspecified atom stereocenters. The summed E-state index contributed by atoms with van der Waals surface area (Å²) in [5, 5.41) is 8.58. The number of aryl methyl sites for hydroxylation is 1. The number of amides is 3. The van der Waals surface area contributed by atoms with E-state index >= 15 is 0 Å². The van der Waals surface area contributed by atoms with Crippen molar-refractivity contribution in [3.8, 4) is 0 Å². The van der Waals surface area contributed by atoms with Crippen molar-refractivity contribution in [2.75, 3.05) is 5.32 Å². The molecule has 28 heavy (non-hydrogen) atoms. The molecule has 1 aliphatic carbocycles. The second-order valence-corrected chi connectivity index (χ2v) is 7.24. The van der Waals surface area contributed by atoms with Gasteiger partial charge < -0.3 is 16.0 Å². The number of hydrogen-bond donors (Lipinski definition) is 3. The molecule has 2 aromatic carbocycles. The Balaban J connectivity index is 1.66. The Labute approximate surface area is 164 Å². The molecule has 3 N–H and O–H groups in total. The molecule has 1 fully saturated rings. The van der Waals surface area contributed by atoms with E-state index in [1.165, 1.54) is 6.92 Å². The minimum absolute atomic E-state index is 0.0984. The first-order valence-electron chi connectivity index (χ1n) is 9.45. The number of hydrogen-bond acceptors (Lipinski definition) is 3. The third-order valence-electron chi connectivity index (χ3n) is 4.57. The molecule has 0 spiro atoms. The van der Waals surface area contributed by atoms with E-state index in [2.05, 4.69) is 16.0 Å². The third kappa shape index (κ3) is 5.67. The lowest BCUT2D eigenvalue weighted by Gasteiger charge is -2.18. The third-order valence-corrected chi connectivity index (χ3v) is 4.57. The lowest BCUT2D eigenvalue weighted by Crippen LogP contribution is -2.30. The van der Waals surface area contributed by atoms with Crippen LogP contribution in [-0.2, 0) is 9.59 Å². The number of anilines is 1. The van der Waals surface area contributed by atoms with E-state index in [0.29, 0.717) is 11.3 Å². The molecule has 0 radical (unpaired) electrons. The topological polar surface area (TPSA) is 87.3 Å². The van der Waals surface area contributed by atoms with Crippen LogP contribution in [0, 0.1) is 6.92 Å². The summed E-state index contributed by atoms with van der Waals surface area (Å²) in [5.41, 5.74) is 3.05.